The van der Waals surface area contributed by atoms with Gasteiger partial charge < -0.3 is 4.90 Å². The standard InChI is InChI=1S/C21H30N2S/c1-5-7-8-9-10-13-19(6-2)23(17-24-16-22)21-15-12-11-14-20(21)18(3)4/h6,11-12,14-15H,3,5,7-10,13,17H2,1-2,4H3/b19-6+. The largest absolute Gasteiger partial charge is 0.334 e. The van der Waals surface area contributed by atoms with E-state index in [0.717, 1.165) is 23.2 Å². The molecule has 0 saturated carbocycles. The molecule has 0 radical (unpaired) electrons. The van der Waals surface area contributed by atoms with Gasteiger partial charge in [0.2, 0.25) is 0 Å². The minimum atomic E-state index is 0.648. The van der Waals surface area contributed by atoms with E-state index in [9.17, 15) is 0 Å². The molecule has 1 aromatic rings. The van der Waals surface area contributed by atoms with E-state index in [2.05, 4.69) is 55.0 Å². The van der Waals surface area contributed by atoms with Gasteiger partial charge in [0, 0.05) is 16.9 Å². The minimum absolute atomic E-state index is 0.648. The smallest absolute Gasteiger partial charge is 0.135 e. The molecule has 0 fully saturated rings. The summed E-state index contributed by atoms with van der Waals surface area (Å²) in [6, 6.07) is 8.34. The van der Waals surface area contributed by atoms with E-state index in [1.54, 1.807) is 0 Å². The molecule has 2 nitrogen and oxygen atoms in total. The van der Waals surface area contributed by atoms with Gasteiger partial charge in [-0.3, -0.25) is 0 Å². The second-order valence-corrected chi connectivity index (χ2v) is 6.76. The van der Waals surface area contributed by atoms with Crippen LogP contribution in [0.15, 0.2) is 42.6 Å². The average molecular weight is 343 g/mol. The summed E-state index contributed by atoms with van der Waals surface area (Å²) >= 11 is 1.28. The zero-order valence-electron chi connectivity index (χ0n) is 15.3. The number of thiocyanates is 1. The van der Waals surface area contributed by atoms with Crippen molar-refractivity contribution in [2.45, 2.75) is 59.3 Å². The number of nitrogens with zero attached hydrogens (tertiary/aromatic N) is 2. The third-order valence-electron chi connectivity index (χ3n) is 4.13. The van der Waals surface area contributed by atoms with Crippen molar-refractivity contribution in [1.29, 1.82) is 5.26 Å². The molecule has 1 rings (SSSR count). The fourth-order valence-electron chi connectivity index (χ4n) is 2.82. The molecule has 24 heavy (non-hydrogen) atoms. The van der Waals surface area contributed by atoms with Gasteiger partial charge in [-0.1, -0.05) is 63.5 Å². The molecule has 0 saturated heterocycles. The summed E-state index contributed by atoms with van der Waals surface area (Å²) in [5, 5.41) is 11.2. The Kier molecular flexibility index (Phi) is 10.0. The Morgan fingerprint density at radius 2 is 1.96 bits per heavy atom. The molecule has 0 atom stereocenters. The van der Waals surface area contributed by atoms with Crippen molar-refractivity contribution < 1.29 is 0 Å². The normalized spacial score (nSPS) is 11.2. The van der Waals surface area contributed by atoms with E-state index in [1.165, 1.54) is 49.6 Å². The molecule has 3 heteroatoms. The minimum Gasteiger partial charge on any atom is -0.334 e. The van der Waals surface area contributed by atoms with Crippen molar-refractivity contribution in [3.8, 4) is 5.40 Å². The Balaban J connectivity index is 2.95. The SMILES string of the molecule is C=C(C)c1ccccc1N(CSC#N)/C(=C/C)CCCCCCC. The molecule has 0 spiro atoms. The fraction of sp³-hybridized carbons (Fsp3) is 0.476. The van der Waals surface area contributed by atoms with E-state index >= 15 is 0 Å². The molecule has 0 aromatic heterocycles. The monoisotopic (exact) mass is 342 g/mol. The van der Waals surface area contributed by atoms with E-state index in [1.807, 2.05) is 13.0 Å². The Hall–Kier alpha value is -1.66. The van der Waals surface area contributed by atoms with Crippen LogP contribution in [0.25, 0.3) is 5.57 Å². The first-order valence-corrected chi connectivity index (χ1v) is 9.82. The lowest BCUT2D eigenvalue weighted by molar-refractivity contribution is 0.626. The second kappa shape index (κ2) is 11.8. The van der Waals surface area contributed by atoms with Gasteiger partial charge in [-0.05, 0) is 50.1 Å². The van der Waals surface area contributed by atoms with Gasteiger partial charge in [-0.15, -0.1) is 0 Å². The van der Waals surface area contributed by atoms with Crippen molar-refractivity contribution in [3.05, 3.63) is 48.2 Å². The van der Waals surface area contributed by atoms with Gasteiger partial charge in [-0.2, -0.15) is 5.26 Å². The van der Waals surface area contributed by atoms with Crippen LogP contribution in [-0.2, 0) is 0 Å². The molecule has 0 aliphatic heterocycles. The Labute approximate surface area is 152 Å². The number of para-hydroxylation sites is 1. The Bertz CT molecular complexity index is 584. The van der Waals surface area contributed by atoms with Gasteiger partial charge >= 0.3 is 0 Å². The lowest BCUT2D eigenvalue weighted by Gasteiger charge is -2.28. The lowest BCUT2D eigenvalue weighted by atomic mass is 10.0. The Morgan fingerprint density at radius 3 is 2.58 bits per heavy atom. The van der Waals surface area contributed by atoms with Crippen LogP contribution in [-0.4, -0.2) is 5.88 Å². The van der Waals surface area contributed by atoms with Crippen molar-refractivity contribution in [3.63, 3.8) is 0 Å². The number of nitriles is 1. The van der Waals surface area contributed by atoms with Crippen molar-refractivity contribution in [2.75, 3.05) is 10.8 Å². The summed E-state index contributed by atoms with van der Waals surface area (Å²) < 4.78 is 0. The number of anilines is 1. The van der Waals surface area contributed by atoms with Crippen molar-refractivity contribution in [1.82, 2.24) is 0 Å². The highest BCUT2D eigenvalue weighted by molar-refractivity contribution is 8.03. The maximum atomic E-state index is 9.02. The molecule has 0 heterocycles. The lowest BCUT2D eigenvalue weighted by Crippen LogP contribution is -2.23. The van der Waals surface area contributed by atoms with Gasteiger partial charge in [0.1, 0.15) is 5.40 Å². The number of unbranched alkanes of at least 4 members (excludes halogenated alkanes) is 4. The topological polar surface area (TPSA) is 27.0 Å². The highest BCUT2D eigenvalue weighted by atomic mass is 32.2. The maximum absolute atomic E-state index is 9.02. The molecule has 0 aliphatic carbocycles. The highest BCUT2D eigenvalue weighted by Gasteiger charge is 2.15. The van der Waals surface area contributed by atoms with Crippen LogP contribution in [0.5, 0.6) is 0 Å². The predicted octanol–water partition coefficient (Wildman–Crippen LogP) is 6.96. The van der Waals surface area contributed by atoms with Gasteiger partial charge in [0.25, 0.3) is 0 Å². The summed E-state index contributed by atoms with van der Waals surface area (Å²) in [6.07, 6.45) is 9.60. The fourth-order valence-corrected chi connectivity index (χ4v) is 3.31. The quantitative estimate of drug-likeness (QED) is 0.247. The van der Waals surface area contributed by atoms with Crippen LogP contribution >= 0.6 is 11.8 Å². The first kappa shape index (κ1) is 20.4. The Morgan fingerprint density at radius 1 is 1.25 bits per heavy atom. The molecule has 130 valence electrons. The predicted molar refractivity (Wildman–Crippen MR) is 109 cm³/mol. The molecule has 0 unspecified atom stereocenters. The first-order chi connectivity index (χ1) is 11.7. The average Bonchev–Trinajstić information content (AvgIpc) is 2.60. The molecule has 0 aliphatic rings. The number of thioether (sulfide) groups is 1. The van der Waals surface area contributed by atoms with E-state index in [-0.39, 0.29) is 0 Å². The van der Waals surface area contributed by atoms with Crippen LogP contribution in [0.4, 0.5) is 5.69 Å². The summed E-state index contributed by atoms with van der Waals surface area (Å²) in [4.78, 5) is 2.28. The van der Waals surface area contributed by atoms with Gasteiger partial charge in [-0.25, -0.2) is 0 Å². The van der Waals surface area contributed by atoms with E-state index in [0.29, 0.717) is 5.88 Å². The second-order valence-electron chi connectivity index (χ2n) is 6.03. The van der Waals surface area contributed by atoms with Gasteiger partial charge in [0.05, 0.1) is 5.88 Å². The number of benzene rings is 1. The number of allylic oxidation sites excluding steroid dienone is 3. The molecule has 0 N–H and O–H groups in total. The molecule has 0 amide bonds. The zero-order chi connectivity index (χ0) is 17.8. The van der Waals surface area contributed by atoms with Gasteiger partial charge in [0.15, 0.2) is 0 Å². The van der Waals surface area contributed by atoms with E-state index < -0.39 is 0 Å². The highest BCUT2D eigenvalue weighted by Crippen LogP contribution is 2.31. The van der Waals surface area contributed by atoms with Crippen LogP contribution in [0.1, 0.15) is 64.9 Å². The summed E-state index contributed by atoms with van der Waals surface area (Å²) in [5.41, 5.74) is 4.65. The van der Waals surface area contributed by atoms with Crippen molar-refractivity contribution in [2.24, 2.45) is 0 Å². The number of rotatable bonds is 11. The summed E-state index contributed by atoms with van der Waals surface area (Å²) in [6.45, 7) is 10.5. The maximum Gasteiger partial charge on any atom is 0.135 e. The van der Waals surface area contributed by atoms with Crippen LogP contribution in [0, 0.1) is 10.7 Å². The number of hydrogen-bond donors (Lipinski definition) is 0. The first-order valence-electron chi connectivity index (χ1n) is 8.84. The molecular weight excluding hydrogens is 312 g/mol. The number of hydrogen-bond acceptors (Lipinski definition) is 3. The third-order valence-corrected chi connectivity index (χ3v) is 4.65. The van der Waals surface area contributed by atoms with Crippen molar-refractivity contribution >= 4 is 23.0 Å². The molecule has 1 aromatic carbocycles. The molecule has 0 bridgehead atoms. The third kappa shape index (κ3) is 6.45. The molecular formula is C21H30N2S. The summed E-state index contributed by atoms with van der Waals surface area (Å²) in [5.74, 6) is 0.648. The van der Waals surface area contributed by atoms with Crippen LogP contribution in [0.2, 0.25) is 0 Å². The van der Waals surface area contributed by atoms with Crippen LogP contribution < -0.4 is 4.90 Å². The van der Waals surface area contributed by atoms with Crippen LogP contribution in [0.3, 0.4) is 0 Å². The zero-order valence-corrected chi connectivity index (χ0v) is 16.2. The summed E-state index contributed by atoms with van der Waals surface area (Å²) in [7, 11) is 0. The van der Waals surface area contributed by atoms with E-state index in [4.69, 9.17) is 5.26 Å².